The van der Waals surface area contributed by atoms with Crippen molar-refractivity contribution in [2.24, 2.45) is 4.99 Å². The Hall–Kier alpha value is -1.71. The van der Waals surface area contributed by atoms with Crippen LogP contribution in [0.4, 0.5) is 0 Å². The van der Waals surface area contributed by atoms with Crippen molar-refractivity contribution in [2.75, 3.05) is 20.7 Å². The van der Waals surface area contributed by atoms with Gasteiger partial charge in [0.1, 0.15) is 5.75 Å². The molecule has 0 aliphatic rings. The van der Waals surface area contributed by atoms with Gasteiger partial charge in [-0.3, -0.25) is 4.99 Å². The van der Waals surface area contributed by atoms with Gasteiger partial charge in [-0.25, -0.2) is 0 Å². The van der Waals surface area contributed by atoms with Crippen LogP contribution < -0.4 is 15.4 Å². The summed E-state index contributed by atoms with van der Waals surface area (Å²) in [5.41, 5.74) is 2.43. The molecule has 4 nitrogen and oxygen atoms in total. The van der Waals surface area contributed by atoms with Gasteiger partial charge in [-0.2, -0.15) is 0 Å². The van der Waals surface area contributed by atoms with Crippen LogP contribution >= 0.6 is 0 Å². The Bertz CT molecular complexity index is 461. The molecule has 1 aromatic rings. The highest BCUT2D eigenvalue weighted by atomic mass is 16.5. The van der Waals surface area contributed by atoms with E-state index in [9.17, 15) is 0 Å². The summed E-state index contributed by atoms with van der Waals surface area (Å²) < 4.78 is 5.34. The maximum atomic E-state index is 5.34. The Balaban J connectivity index is 2.51. The number of hydrogen-bond acceptors (Lipinski definition) is 2. The Morgan fingerprint density at radius 1 is 1.30 bits per heavy atom. The highest BCUT2D eigenvalue weighted by Crippen LogP contribution is 2.18. The molecule has 0 atom stereocenters. The van der Waals surface area contributed by atoms with Gasteiger partial charge in [-0.05, 0) is 51.3 Å². The van der Waals surface area contributed by atoms with Crippen LogP contribution in [-0.2, 0) is 6.42 Å². The van der Waals surface area contributed by atoms with E-state index in [4.69, 9.17) is 4.74 Å². The van der Waals surface area contributed by atoms with Crippen LogP contribution in [-0.4, -0.2) is 32.2 Å². The third-order valence-corrected chi connectivity index (χ3v) is 2.90. The SMILES string of the molecule is CN=C(NCCc1ccc(C)c(OC)c1)NC(C)(C)C. The summed E-state index contributed by atoms with van der Waals surface area (Å²) in [6.45, 7) is 9.23. The van der Waals surface area contributed by atoms with E-state index >= 15 is 0 Å². The van der Waals surface area contributed by atoms with Crippen molar-refractivity contribution in [1.82, 2.24) is 10.6 Å². The fourth-order valence-corrected chi connectivity index (χ4v) is 1.88. The minimum atomic E-state index is 0.00885. The lowest BCUT2D eigenvalue weighted by Gasteiger charge is -2.23. The highest BCUT2D eigenvalue weighted by Gasteiger charge is 2.11. The van der Waals surface area contributed by atoms with Crippen molar-refractivity contribution in [2.45, 2.75) is 39.7 Å². The van der Waals surface area contributed by atoms with Crippen molar-refractivity contribution >= 4 is 5.96 Å². The molecule has 1 rings (SSSR count). The first kappa shape index (κ1) is 16.3. The number of aryl methyl sites for hydroxylation is 1. The van der Waals surface area contributed by atoms with Crippen molar-refractivity contribution < 1.29 is 4.74 Å². The maximum absolute atomic E-state index is 5.34. The van der Waals surface area contributed by atoms with Crippen molar-refractivity contribution in [1.29, 1.82) is 0 Å². The van der Waals surface area contributed by atoms with Crippen molar-refractivity contribution in [3.63, 3.8) is 0 Å². The van der Waals surface area contributed by atoms with E-state index in [2.05, 4.69) is 61.5 Å². The molecule has 0 heterocycles. The number of nitrogens with zero attached hydrogens (tertiary/aromatic N) is 1. The number of nitrogens with one attached hydrogen (secondary N) is 2. The van der Waals surface area contributed by atoms with Gasteiger partial charge in [-0.1, -0.05) is 12.1 Å². The van der Waals surface area contributed by atoms with Gasteiger partial charge >= 0.3 is 0 Å². The van der Waals surface area contributed by atoms with Crippen molar-refractivity contribution in [3.05, 3.63) is 29.3 Å². The quantitative estimate of drug-likeness (QED) is 0.656. The predicted molar refractivity (Wildman–Crippen MR) is 85.7 cm³/mol. The van der Waals surface area contributed by atoms with Crippen LogP contribution in [0.25, 0.3) is 0 Å². The molecule has 112 valence electrons. The number of benzene rings is 1. The molecule has 0 amide bonds. The number of guanidine groups is 1. The first-order chi connectivity index (χ1) is 9.35. The van der Waals surface area contributed by atoms with Gasteiger partial charge in [0.2, 0.25) is 0 Å². The molecular weight excluding hydrogens is 250 g/mol. The molecule has 0 bridgehead atoms. The molecule has 0 fully saturated rings. The summed E-state index contributed by atoms with van der Waals surface area (Å²) in [6, 6.07) is 6.33. The Morgan fingerprint density at radius 3 is 2.55 bits per heavy atom. The van der Waals surface area contributed by atoms with Gasteiger partial charge in [0, 0.05) is 19.1 Å². The second-order valence-corrected chi connectivity index (χ2v) is 5.93. The van der Waals surface area contributed by atoms with Crippen LogP contribution in [0.1, 0.15) is 31.9 Å². The topological polar surface area (TPSA) is 45.7 Å². The minimum absolute atomic E-state index is 0.00885. The second-order valence-electron chi connectivity index (χ2n) is 5.93. The summed E-state index contributed by atoms with van der Waals surface area (Å²) in [4.78, 5) is 4.22. The molecule has 0 spiro atoms. The summed E-state index contributed by atoms with van der Waals surface area (Å²) in [6.07, 6.45) is 0.932. The zero-order valence-electron chi connectivity index (χ0n) is 13.5. The number of aliphatic imine (C=N–C) groups is 1. The zero-order valence-corrected chi connectivity index (χ0v) is 13.5. The maximum Gasteiger partial charge on any atom is 0.191 e. The molecule has 0 aromatic heterocycles. The van der Waals surface area contributed by atoms with E-state index in [1.54, 1.807) is 14.2 Å². The molecule has 20 heavy (non-hydrogen) atoms. The third-order valence-electron chi connectivity index (χ3n) is 2.90. The molecule has 0 aliphatic heterocycles. The lowest BCUT2D eigenvalue weighted by atomic mass is 10.1. The molecular formula is C16H27N3O. The fourth-order valence-electron chi connectivity index (χ4n) is 1.88. The van der Waals surface area contributed by atoms with Crippen LogP contribution in [0.15, 0.2) is 23.2 Å². The standard InChI is InChI=1S/C16H27N3O/c1-12-7-8-13(11-14(12)20-6)9-10-18-15(17-5)19-16(2,3)4/h7-8,11H,9-10H2,1-6H3,(H2,17,18,19). The summed E-state index contributed by atoms with van der Waals surface area (Å²) >= 11 is 0. The number of ether oxygens (including phenoxy) is 1. The Labute approximate surface area is 122 Å². The van der Waals surface area contributed by atoms with Gasteiger partial charge in [0.05, 0.1) is 7.11 Å². The average molecular weight is 277 g/mol. The minimum Gasteiger partial charge on any atom is -0.496 e. The van der Waals surface area contributed by atoms with Gasteiger partial charge < -0.3 is 15.4 Å². The lowest BCUT2D eigenvalue weighted by molar-refractivity contribution is 0.411. The monoisotopic (exact) mass is 277 g/mol. The number of rotatable bonds is 4. The fraction of sp³-hybridized carbons (Fsp3) is 0.562. The zero-order chi connectivity index (χ0) is 15.2. The molecule has 0 saturated heterocycles. The largest absolute Gasteiger partial charge is 0.496 e. The molecule has 0 unspecified atom stereocenters. The number of methoxy groups -OCH3 is 1. The predicted octanol–water partition coefficient (Wildman–Crippen LogP) is 2.51. The molecule has 0 saturated carbocycles. The van der Waals surface area contributed by atoms with Crippen molar-refractivity contribution in [3.8, 4) is 5.75 Å². The molecule has 0 radical (unpaired) electrons. The highest BCUT2D eigenvalue weighted by molar-refractivity contribution is 5.80. The van der Waals surface area contributed by atoms with E-state index in [1.165, 1.54) is 5.56 Å². The van der Waals surface area contributed by atoms with E-state index < -0.39 is 0 Å². The normalized spacial score (nSPS) is 12.2. The summed E-state index contributed by atoms with van der Waals surface area (Å²) in [5, 5.41) is 6.66. The Kier molecular flexibility index (Phi) is 5.86. The summed E-state index contributed by atoms with van der Waals surface area (Å²) in [7, 11) is 3.50. The molecule has 4 heteroatoms. The van der Waals surface area contributed by atoms with E-state index in [0.717, 1.165) is 30.2 Å². The van der Waals surface area contributed by atoms with Gasteiger partial charge in [0.25, 0.3) is 0 Å². The van der Waals surface area contributed by atoms with Gasteiger partial charge in [0.15, 0.2) is 5.96 Å². The van der Waals surface area contributed by atoms with Gasteiger partial charge in [-0.15, -0.1) is 0 Å². The van der Waals surface area contributed by atoms with Crippen LogP contribution in [0.5, 0.6) is 5.75 Å². The summed E-state index contributed by atoms with van der Waals surface area (Å²) in [5.74, 6) is 1.77. The smallest absolute Gasteiger partial charge is 0.191 e. The molecule has 1 aromatic carbocycles. The first-order valence-electron chi connectivity index (χ1n) is 6.98. The lowest BCUT2D eigenvalue weighted by Crippen LogP contribution is -2.48. The first-order valence-corrected chi connectivity index (χ1v) is 6.98. The number of hydrogen-bond donors (Lipinski definition) is 2. The van der Waals surface area contributed by atoms with E-state index in [1.807, 2.05) is 0 Å². The molecule has 2 N–H and O–H groups in total. The third kappa shape index (κ3) is 5.51. The second kappa shape index (κ2) is 7.17. The van der Waals surface area contributed by atoms with E-state index in [-0.39, 0.29) is 5.54 Å². The van der Waals surface area contributed by atoms with Crippen LogP contribution in [0, 0.1) is 6.92 Å². The van der Waals surface area contributed by atoms with Crippen LogP contribution in [0.3, 0.4) is 0 Å². The Morgan fingerprint density at radius 2 is 2.00 bits per heavy atom. The van der Waals surface area contributed by atoms with Crippen LogP contribution in [0.2, 0.25) is 0 Å². The van der Waals surface area contributed by atoms with E-state index in [0.29, 0.717) is 0 Å². The average Bonchev–Trinajstić information content (AvgIpc) is 2.38. The molecule has 0 aliphatic carbocycles.